The molecule has 2 rings (SSSR count). The third-order valence-electron chi connectivity index (χ3n) is 4.07. The number of carbonyl (C=O) groups is 1. The first-order valence-electron chi connectivity index (χ1n) is 7.00. The largest absolute Gasteiger partial charge is 0.480 e. The van der Waals surface area contributed by atoms with Gasteiger partial charge in [-0.1, -0.05) is 6.42 Å². The summed E-state index contributed by atoms with van der Waals surface area (Å²) in [6, 6.07) is -0.120. The van der Waals surface area contributed by atoms with E-state index in [1.165, 1.54) is 4.68 Å². The standard InChI is InChI=1S/C13H21N3O4S/c1-8(11-5-4-6-11)15-21(19,20)13-9(2)14-16(10(13)3)7-12(17)18/h8,11,15H,4-7H2,1-3H3,(H,17,18). The van der Waals surface area contributed by atoms with Crippen LogP contribution in [0, 0.1) is 19.8 Å². The third kappa shape index (κ3) is 3.26. The second kappa shape index (κ2) is 5.76. The minimum Gasteiger partial charge on any atom is -0.480 e. The third-order valence-corrected chi connectivity index (χ3v) is 5.88. The normalized spacial score (nSPS) is 17.5. The van der Waals surface area contributed by atoms with Gasteiger partial charge in [0.1, 0.15) is 11.4 Å². The van der Waals surface area contributed by atoms with Gasteiger partial charge < -0.3 is 5.11 Å². The fourth-order valence-electron chi connectivity index (χ4n) is 2.69. The zero-order valence-electron chi connectivity index (χ0n) is 12.5. The molecule has 1 fully saturated rings. The van der Waals surface area contributed by atoms with Crippen LogP contribution in [0.4, 0.5) is 0 Å². The topological polar surface area (TPSA) is 101 Å². The van der Waals surface area contributed by atoms with Crippen molar-refractivity contribution in [3.63, 3.8) is 0 Å². The van der Waals surface area contributed by atoms with Crippen molar-refractivity contribution in [2.75, 3.05) is 0 Å². The summed E-state index contributed by atoms with van der Waals surface area (Å²) in [5, 5.41) is 12.8. The van der Waals surface area contributed by atoms with E-state index in [0.717, 1.165) is 19.3 Å². The molecule has 0 bridgehead atoms. The van der Waals surface area contributed by atoms with Gasteiger partial charge in [0.05, 0.1) is 11.4 Å². The maximum Gasteiger partial charge on any atom is 0.325 e. The molecule has 1 aromatic heterocycles. The van der Waals surface area contributed by atoms with Crippen LogP contribution in [0.3, 0.4) is 0 Å². The molecule has 0 saturated heterocycles. The van der Waals surface area contributed by atoms with Gasteiger partial charge in [-0.25, -0.2) is 13.1 Å². The van der Waals surface area contributed by atoms with Crippen LogP contribution in [0.2, 0.25) is 0 Å². The fourth-order valence-corrected chi connectivity index (χ4v) is 4.41. The summed E-state index contributed by atoms with van der Waals surface area (Å²) in [7, 11) is -3.68. The Morgan fingerprint density at radius 2 is 2.10 bits per heavy atom. The minimum absolute atomic E-state index is 0.0925. The molecule has 118 valence electrons. The number of hydrogen-bond donors (Lipinski definition) is 2. The first-order chi connectivity index (χ1) is 9.72. The van der Waals surface area contributed by atoms with Gasteiger partial charge in [-0.15, -0.1) is 0 Å². The van der Waals surface area contributed by atoms with E-state index >= 15 is 0 Å². The van der Waals surface area contributed by atoms with Crippen LogP contribution in [0.5, 0.6) is 0 Å². The van der Waals surface area contributed by atoms with Crippen molar-refractivity contribution in [1.29, 1.82) is 0 Å². The quantitative estimate of drug-likeness (QED) is 0.817. The molecule has 7 nitrogen and oxygen atoms in total. The van der Waals surface area contributed by atoms with E-state index in [4.69, 9.17) is 5.11 Å². The lowest BCUT2D eigenvalue weighted by molar-refractivity contribution is -0.137. The van der Waals surface area contributed by atoms with E-state index in [-0.39, 0.29) is 17.5 Å². The molecule has 2 N–H and O–H groups in total. The minimum atomic E-state index is -3.68. The zero-order chi connectivity index (χ0) is 15.8. The SMILES string of the molecule is Cc1nn(CC(=O)O)c(C)c1S(=O)(=O)NC(C)C1CCC1. The molecule has 1 aliphatic rings. The molecule has 0 radical (unpaired) electrons. The predicted molar refractivity (Wildman–Crippen MR) is 76.5 cm³/mol. The lowest BCUT2D eigenvalue weighted by Gasteiger charge is -2.31. The Bertz CT molecular complexity index is 647. The van der Waals surface area contributed by atoms with Crippen molar-refractivity contribution in [3.8, 4) is 0 Å². The molecule has 21 heavy (non-hydrogen) atoms. The molecule has 1 saturated carbocycles. The summed E-state index contributed by atoms with van der Waals surface area (Å²) >= 11 is 0. The maximum atomic E-state index is 12.5. The molecule has 0 aliphatic heterocycles. The molecule has 1 aromatic rings. The van der Waals surface area contributed by atoms with Crippen molar-refractivity contribution >= 4 is 16.0 Å². The summed E-state index contributed by atoms with van der Waals surface area (Å²) in [4.78, 5) is 10.9. The van der Waals surface area contributed by atoms with Gasteiger partial charge >= 0.3 is 5.97 Å². The van der Waals surface area contributed by atoms with Crippen molar-refractivity contribution in [3.05, 3.63) is 11.4 Å². The molecule has 8 heteroatoms. The Labute approximate surface area is 124 Å². The summed E-state index contributed by atoms with van der Waals surface area (Å²) < 4.78 is 28.9. The Morgan fingerprint density at radius 3 is 2.57 bits per heavy atom. The number of aliphatic carboxylic acids is 1. The first-order valence-corrected chi connectivity index (χ1v) is 8.49. The van der Waals surface area contributed by atoms with Crippen molar-refractivity contribution in [2.45, 2.75) is 57.5 Å². The predicted octanol–water partition coefficient (Wildman–Crippen LogP) is 1.05. The number of rotatable bonds is 6. The van der Waals surface area contributed by atoms with E-state index < -0.39 is 16.0 Å². The number of hydrogen-bond acceptors (Lipinski definition) is 4. The smallest absolute Gasteiger partial charge is 0.325 e. The highest BCUT2D eigenvalue weighted by Crippen LogP contribution is 2.30. The van der Waals surface area contributed by atoms with Crippen LogP contribution in [0.1, 0.15) is 37.6 Å². The molecule has 1 atom stereocenters. The second-order valence-electron chi connectivity index (χ2n) is 5.65. The number of aromatic nitrogens is 2. The number of carboxylic acid groups (broad SMARTS) is 1. The lowest BCUT2D eigenvalue weighted by Crippen LogP contribution is -2.40. The van der Waals surface area contributed by atoms with E-state index in [2.05, 4.69) is 9.82 Å². The molecule has 0 amide bonds. The van der Waals surface area contributed by atoms with E-state index in [9.17, 15) is 13.2 Å². The number of nitrogens with zero attached hydrogens (tertiary/aromatic N) is 2. The Balaban J connectivity index is 2.26. The van der Waals surface area contributed by atoms with Crippen molar-refractivity contribution in [1.82, 2.24) is 14.5 Å². The van der Waals surface area contributed by atoms with E-state index in [1.807, 2.05) is 6.92 Å². The lowest BCUT2D eigenvalue weighted by atomic mass is 9.81. The van der Waals surface area contributed by atoms with Crippen LogP contribution >= 0.6 is 0 Å². The summed E-state index contributed by atoms with van der Waals surface area (Å²) in [6.07, 6.45) is 3.23. The Morgan fingerprint density at radius 1 is 1.48 bits per heavy atom. The molecule has 0 aromatic carbocycles. The van der Waals surface area contributed by atoms with Crippen molar-refractivity contribution in [2.24, 2.45) is 5.92 Å². The van der Waals surface area contributed by atoms with Gasteiger partial charge in [0.15, 0.2) is 0 Å². The molecule has 0 spiro atoms. The first kappa shape index (κ1) is 16.0. The maximum absolute atomic E-state index is 12.5. The molecular weight excluding hydrogens is 294 g/mol. The molecule has 1 aliphatic carbocycles. The fraction of sp³-hybridized carbons (Fsp3) is 0.692. The van der Waals surface area contributed by atoms with E-state index in [1.54, 1.807) is 13.8 Å². The highest BCUT2D eigenvalue weighted by atomic mass is 32.2. The monoisotopic (exact) mass is 315 g/mol. The van der Waals surface area contributed by atoms with Crippen LogP contribution in [0.25, 0.3) is 0 Å². The number of aryl methyl sites for hydroxylation is 1. The van der Waals surface area contributed by atoms with Crippen LogP contribution in [-0.4, -0.2) is 35.3 Å². The number of sulfonamides is 1. The highest BCUT2D eigenvalue weighted by Gasteiger charge is 2.31. The van der Waals surface area contributed by atoms with Gasteiger partial charge in [0.25, 0.3) is 0 Å². The summed E-state index contributed by atoms with van der Waals surface area (Å²) in [5.74, 6) is -0.671. The van der Waals surface area contributed by atoms with Gasteiger partial charge in [-0.3, -0.25) is 9.48 Å². The highest BCUT2D eigenvalue weighted by molar-refractivity contribution is 7.89. The number of nitrogens with one attached hydrogen (secondary N) is 1. The van der Waals surface area contributed by atoms with Gasteiger partial charge in [-0.05, 0) is 39.5 Å². The summed E-state index contributed by atoms with van der Waals surface area (Å²) in [6.45, 7) is 4.67. The average Bonchev–Trinajstić information content (AvgIpc) is 2.49. The molecule has 1 heterocycles. The van der Waals surface area contributed by atoms with Gasteiger partial charge in [-0.2, -0.15) is 5.10 Å². The van der Waals surface area contributed by atoms with Crippen LogP contribution in [0.15, 0.2) is 4.90 Å². The molecular formula is C13H21N3O4S. The van der Waals surface area contributed by atoms with Crippen molar-refractivity contribution < 1.29 is 18.3 Å². The van der Waals surface area contributed by atoms with Gasteiger partial charge in [0, 0.05) is 6.04 Å². The van der Waals surface area contributed by atoms with Gasteiger partial charge in [0.2, 0.25) is 10.0 Å². The number of carboxylic acids is 1. The Hall–Kier alpha value is -1.41. The van der Waals surface area contributed by atoms with E-state index in [0.29, 0.717) is 17.3 Å². The summed E-state index contributed by atoms with van der Waals surface area (Å²) in [5.41, 5.74) is 0.672. The Kier molecular flexibility index (Phi) is 4.38. The average molecular weight is 315 g/mol. The van der Waals surface area contributed by atoms with Crippen LogP contribution < -0.4 is 4.72 Å². The van der Waals surface area contributed by atoms with Crippen LogP contribution in [-0.2, 0) is 21.4 Å². The zero-order valence-corrected chi connectivity index (χ0v) is 13.3. The molecule has 1 unspecified atom stereocenters. The second-order valence-corrected chi connectivity index (χ2v) is 7.30.